The highest BCUT2D eigenvalue weighted by Gasteiger charge is 2.30. The summed E-state index contributed by atoms with van der Waals surface area (Å²) in [6.07, 6.45) is -0.497. The van der Waals surface area contributed by atoms with E-state index in [0.29, 0.717) is 18.9 Å². The summed E-state index contributed by atoms with van der Waals surface area (Å²) in [5.74, 6) is 0. The van der Waals surface area contributed by atoms with Crippen molar-refractivity contribution in [1.29, 1.82) is 10.5 Å². The maximum atomic E-state index is 9.19. The normalized spacial score (nSPS) is 15.2. The molecule has 22 heavy (non-hydrogen) atoms. The van der Waals surface area contributed by atoms with Gasteiger partial charge < -0.3 is 14.5 Å². The highest BCUT2D eigenvalue weighted by Crippen LogP contribution is 2.42. The van der Waals surface area contributed by atoms with Crippen LogP contribution in [0.25, 0.3) is 22.2 Å². The highest BCUT2D eigenvalue weighted by molar-refractivity contribution is 6.03. The zero-order valence-corrected chi connectivity index (χ0v) is 11.5. The van der Waals surface area contributed by atoms with Gasteiger partial charge in [-0.15, -0.1) is 0 Å². The Morgan fingerprint density at radius 2 is 1.82 bits per heavy atom. The molecule has 0 radical (unpaired) electrons. The Kier molecular flexibility index (Phi) is 2.80. The minimum atomic E-state index is -0.497. The largest absolute Gasteiger partial charge is 0.346 e. The van der Waals surface area contributed by atoms with Crippen molar-refractivity contribution in [1.82, 2.24) is 9.97 Å². The van der Waals surface area contributed by atoms with E-state index in [0.717, 1.165) is 22.0 Å². The van der Waals surface area contributed by atoms with E-state index in [1.165, 1.54) is 0 Å². The first-order valence-electron chi connectivity index (χ1n) is 6.81. The Labute approximate surface area is 125 Å². The van der Waals surface area contributed by atoms with Gasteiger partial charge in [0.25, 0.3) is 0 Å². The Balaban J connectivity index is 2.12. The number of rotatable bonds is 1. The second-order valence-electron chi connectivity index (χ2n) is 4.94. The predicted octanol–water partition coefficient (Wildman–Crippen LogP) is 2.46. The van der Waals surface area contributed by atoms with Crippen molar-refractivity contribution in [3.05, 3.63) is 41.2 Å². The van der Waals surface area contributed by atoms with E-state index in [1.807, 2.05) is 36.4 Å². The third-order valence-corrected chi connectivity index (χ3v) is 3.76. The number of nitriles is 2. The van der Waals surface area contributed by atoms with Crippen molar-refractivity contribution in [2.45, 2.75) is 6.29 Å². The topological polar surface area (TPSA) is 94.7 Å². The minimum Gasteiger partial charge on any atom is -0.346 e. The molecule has 0 amide bonds. The number of aromatic nitrogens is 2. The van der Waals surface area contributed by atoms with E-state index < -0.39 is 6.29 Å². The fourth-order valence-corrected chi connectivity index (χ4v) is 2.85. The Morgan fingerprint density at radius 1 is 1.09 bits per heavy atom. The summed E-state index contributed by atoms with van der Waals surface area (Å²) in [5.41, 5.74) is 2.37. The molecule has 6 heteroatoms. The molecule has 0 bridgehead atoms. The number of fused-ring (bicyclic) bond motifs is 3. The lowest BCUT2D eigenvalue weighted by atomic mass is 10.1. The summed E-state index contributed by atoms with van der Waals surface area (Å²) >= 11 is 0. The molecule has 4 rings (SSSR count). The second kappa shape index (κ2) is 4.81. The van der Waals surface area contributed by atoms with Crippen LogP contribution in [-0.4, -0.2) is 23.2 Å². The maximum absolute atomic E-state index is 9.19. The molecule has 1 saturated heterocycles. The lowest BCUT2D eigenvalue weighted by Crippen LogP contribution is -2.03. The van der Waals surface area contributed by atoms with Crippen LogP contribution >= 0.6 is 0 Å². The summed E-state index contributed by atoms with van der Waals surface area (Å²) in [6, 6.07) is 11.7. The van der Waals surface area contributed by atoms with Crippen LogP contribution < -0.4 is 0 Å². The average Bonchev–Trinajstić information content (AvgIpc) is 3.18. The summed E-state index contributed by atoms with van der Waals surface area (Å²) in [6.45, 7) is 1.05. The smallest absolute Gasteiger partial charge is 0.186 e. The molecule has 1 aromatic rings. The zero-order valence-electron chi connectivity index (χ0n) is 11.5. The monoisotopic (exact) mass is 290 g/mol. The van der Waals surface area contributed by atoms with E-state index in [9.17, 15) is 10.5 Å². The van der Waals surface area contributed by atoms with Gasteiger partial charge in [-0.1, -0.05) is 24.3 Å². The van der Waals surface area contributed by atoms with Crippen molar-refractivity contribution in [2.75, 3.05) is 13.2 Å². The molecular weight excluding hydrogens is 280 g/mol. The first-order chi connectivity index (χ1) is 10.8. The summed E-state index contributed by atoms with van der Waals surface area (Å²) in [4.78, 5) is 7.40. The molecule has 1 fully saturated rings. The molecule has 0 spiro atoms. The third-order valence-electron chi connectivity index (χ3n) is 3.76. The molecule has 0 unspecified atom stereocenters. The van der Waals surface area contributed by atoms with Gasteiger partial charge in [0, 0.05) is 10.9 Å². The van der Waals surface area contributed by atoms with Gasteiger partial charge in [-0.2, -0.15) is 10.5 Å². The number of benzene rings is 1. The second-order valence-corrected chi connectivity index (χ2v) is 4.94. The first-order valence-corrected chi connectivity index (χ1v) is 6.81. The number of hydrogen-bond acceptors (Lipinski definition) is 5. The van der Waals surface area contributed by atoms with Gasteiger partial charge in [0.05, 0.1) is 24.6 Å². The van der Waals surface area contributed by atoms with Crippen LogP contribution in [0.3, 0.4) is 0 Å². The van der Waals surface area contributed by atoms with Gasteiger partial charge in [-0.3, -0.25) is 0 Å². The van der Waals surface area contributed by atoms with E-state index in [4.69, 9.17) is 9.47 Å². The molecule has 2 aliphatic heterocycles. The molecular formula is C16H10N4O2. The molecule has 106 valence electrons. The lowest BCUT2D eigenvalue weighted by molar-refractivity contribution is -0.0426. The quantitative estimate of drug-likeness (QED) is 0.742. The van der Waals surface area contributed by atoms with Gasteiger partial charge in [0.1, 0.15) is 12.1 Å². The first kappa shape index (κ1) is 12.8. The number of hydrogen-bond donors (Lipinski definition) is 1. The average molecular weight is 290 g/mol. The lowest BCUT2D eigenvalue weighted by Gasteiger charge is -2.11. The van der Waals surface area contributed by atoms with Crippen molar-refractivity contribution in [3.63, 3.8) is 0 Å². The van der Waals surface area contributed by atoms with Gasteiger partial charge >= 0.3 is 0 Å². The molecule has 2 heterocycles. The van der Waals surface area contributed by atoms with E-state index in [1.54, 1.807) is 0 Å². The zero-order chi connectivity index (χ0) is 15.1. The van der Waals surface area contributed by atoms with Crippen LogP contribution in [0.5, 0.6) is 0 Å². The number of ether oxygens (including phenoxy) is 2. The van der Waals surface area contributed by atoms with Crippen LogP contribution in [0.1, 0.15) is 23.2 Å². The molecule has 0 atom stereocenters. The van der Waals surface area contributed by atoms with Crippen molar-refractivity contribution >= 4 is 10.8 Å². The predicted molar refractivity (Wildman–Crippen MR) is 76.8 cm³/mol. The molecule has 6 nitrogen and oxygen atoms in total. The Hall–Kier alpha value is -2.93. The molecule has 1 aromatic carbocycles. The van der Waals surface area contributed by atoms with Gasteiger partial charge in [0.2, 0.25) is 0 Å². The van der Waals surface area contributed by atoms with Gasteiger partial charge in [0.15, 0.2) is 17.7 Å². The molecule has 0 saturated carbocycles. The summed E-state index contributed by atoms with van der Waals surface area (Å²) in [5, 5.41) is 20.3. The third kappa shape index (κ3) is 1.69. The van der Waals surface area contributed by atoms with Crippen LogP contribution in [-0.2, 0) is 9.47 Å². The fraction of sp³-hybridized carbons (Fsp3) is 0.188. The number of nitrogens with one attached hydrogen (secondary N) is 1. The maximum Gasteiger partial charge on any atom is 0.186 e. The Bertz CT molecular complexity index is 926. The standard InChI is InChI=1S/C16H10N4O2/c17-7-11-12(8-18)20-15-13(16-21-5-6-22-16)9-3-1-2-4-10(9)14(15)19-11/h1-4,16,19H,5-6H2. The van der Waals surface area contributed by atoms with Gasteiger partial charge in [-0.25, -0.2) is 4.98 Å². The molecule has 3 aliphatic rings. The summed E-state index contributed by atoms with van der Waals surface area (Å²) < 4.78 is 11.2. The van der Waals surface area contributed by atoms with Crippen molar-refractivity contribution in [2.24, 2.45) is 0 Å². The molecule has 0 aromatic heterocycles. The van der Waals surface area contributed by atoms with Crippen LogP contribution in [0, 0.1) is 22.7 Å². The molecule has 1 aliphatic carbocycles. The van der Waals surface area contributed by atoms with E-state index in [-0.39, 0.29) is 11.4 Å². The van der Waals surface area contributed by atoms with Gasteiger partial charge in [-0.05, 0) is 5.39 Å². The van der Waals surface area contributed by atoms with Crippen LogP contribution in [0.15, 0.2) is 24.3 Å². The van der Waals surface area contributed by atoms with Crippen molar-refractivity contribution < 1.29 is 9.47 Å². The number of nitrogens with zero attached hydrogens (tertiary/aromatic N) is 3. The highest BCUT2D eigenvalue weighted by atomic mass is 16.7. The SMILES string of the molecule is N#Cc1nc2c(C3OCCO3)c3ccccc3c-2[nH]c1C#N. The van der Waals surface area contributed by atoms with E-state index in [2.05, 4.69) is 9.97 Å². The minimum absolute atomic E-state index is 0.0737. The van der Waals surface area contributed by atoms with Crippen LogP contribution in [0.4, 0.5) is 0 Å². The number of H-pyrrole nitrogens is 1. The summed E-state index contributed by atoms with van der Waals surface area (Å²) in [7, 11) is 0. The van der Waals surface area contributed by atoms with E-state index >= 15 is 0 Å². The Morgan fingerprint density at radius 3 is 2.50 bits per heavy atom. The fourth-order valence-electron chi connectivity index (χ4n) is 2.85. The number of aromatic amines is 1. The van der Waals surface area contributed by atoms with Crippen LogP contribution in [0.2, 0.25) is 0 Å². The van der Waals surface area contributed by atoms with Crippen molar-refractivity contribution in [3.8, 4) is 23.5 Å². The molecule has 1 N–H and O–H groups in total.